The molecule has 0 aromatic rings. The Morgan fingerprint density at radius 1 is 1.24 bits per heavy atom. The minimum absolute atomic E-state index is 0.471. The molecule has 96 valence electrons. The SMILES string of the molecule is CCC1CCC(C#N)(C2(O)CCNCC2)CC1. The van der Waals surface area contributed by atoms with Crippen LogP contribution < -0.4 is 5.32 Å². The molecule has 3 nitrogen and oxygen atoms in total. The number of hydrogen-bond donors (Lipinski definition) is 2. The van der Waals surface area contributed by atoms with Gasteiger partial charge in [-0.15, -0.1) is 0 Å². The molecule has 0 aromatic carbocycles. The highest BCUT2D eigenvalue weighted by Crippen LogP contribution is 2.49. The third-order valence-electron chi connectivity index (χ3n) is 5.07. The van der Waals surface area contributed by atoms with Gasteiger partial charge >= 0.3 is 0 Å². The molecule has 3 heteroatoms. The fourth-order valence-electron chi connectivity index (χ4n) is 3.58. The van der Waals surface area contributed by atoms with E-state index >= 15 is 0 Å². The van der Waals surface area contributed by atoms with E-state index in [0.29, 0.717) is 0 Å². The van der Waals surface area contributed by atoms with E-state index in [4.69, 9.17) is 0 Å². The summed E-state index contributed by atoms with van der Waals surface area (Å²) in [7, 11) is 0. The zero-order chi connectivity index (χ0) is 12.4. The van der Waals surface area contributed by atoms with Crippen LogP contribution in [0.25, 0.3) is 0 Å². The summed E-state index contributed by atoms with van der Waals surface area (Å²) in [5.41, 5.74) is -1.22. The minimum atomic E-state index is -0.744. The smallest absolute Gasteiger partial charge is 0.0861 e. The molecule has 0 bridgehead atoms. The molecule has 1 saturated heterocycles. The van der Waals surface area contributed by atoms with E-state index in [-0.39, 0.29) is 0 Å². The summed E-state index contributed by atoms with van der Waals surface area (Å²) in [5, 5.41) is 23.7. The summed E-state index contributed by atoms with van der Waals surface area (Å²) in [6.45, 7) is 3.91. The van der Waals surface area contributed by atoms with Crippen molar-refractivity contribution in [2.45, 2.75) is 57.5 Å². The first-order valence-electron chi connectivity index (χ1n) is 7.00. The second kappa shape index (κ2) is 4.96. The molecule has 17 heavy (non-hydrogen) atoms. The van der Waals surface area contributed by atoms with E-state index in [0.717, 1.165) is 57.5 Å². The quantitative estimate of drug-likeness (QED) is 0.773. The van der Waals surface area contributed by atoms with Crippen LogP contribution in [-0.2, 0) is 0 Å². The standard InChI is InChI=1S/C14H24N2O/c1-2-12-3-5-13(11-15,6-4-12)14(17)7-9-16-10-8-14/h12,16-17H,2-10H2,1H3. The Morgan fingerprint density at radius 3 is 2.29 bits per heavy atom. The third kappa shape index (κ3) is 2.21. The topological polar surface area (TPSA) is 56.0 Å². The Balaban J connectivity index is 2.12. The Kier molecular flexibility index (Phi) is 3.75. The van der Waals surface area contributed by atoms with Crippen LogP contribution in [-0.4, -0.2) is 23.8 Å². The van der Waals surface area contributed by atoms with Gasteiger partial charge < -0.3 is 10.4 Å². The second-order valence-corrected chi connectivity index (χ2v) is 5.83. The molecule has 1 aliphatic heterocycles. The monoisotopic (exact) mass is 236 g/mol. The first-order valence-corrected chi connectivity index (χ1v) is 7.00. The van der Waals surface area contributed by atoms with Gasteiger partial charge in [-0.2, -0.15) is 5.26 Å². The second-order valence-electron chi connectivity index (χ2n) is 5.83. The van der Waals surface area contributed by atoms with Gasteiger partial charge in [-0.25, -0.2) is 0 Å². The van der Waals surface area contributed by atoms with Gasteiger partial charge in [0.15, 0.2) is 0 Å². The number of hydrogen-bond acceptors (Lipinski definition) is 3. The van der Waals surface area contributed by atoms with Gasteiger partial charge in [-0.3, -0.25) is 0 Å². The molecule has 2 rings (SSSR count). The zero-order valence-electron chi connectivity index (χ0n) is 10.8. The lowest BCUT2D eigenvalue weighted by Crippen LogP contribution is -2.54. The van der Waals surface area contributed by atoms with Crippen LogP contribution >= 0.6 is 0 Å². The number of rotatable bonds is 2. The van der Waals surface area contributed by atoms with Gasteiger partial charge in [-0.05, 0) is 57.5 Å². The van der Waals surface area contributed by atoms with E-state index in [1.807, 2.05) is 0 Å². The maximum atomic E-state index is 10.8. The van der Waals surface area contributed by atoms with Crippen molar-refractivity contribution in [3.63, 3.8) is 0 Å². The fraction of sp³-hybridized carbons (Fsp3) is 0.929. The van der Waals surface area contributed by atoms with E-state index in [1.54, 1.807) is 0 Å². The molecule has 2 aliphatic rings. The number of nitrogens with one attached hydrogen (secondary N) is 1. The molecule has 0 unspecified atom stereocenters. The van der Waals surface area contributed by atoms with Crippen LogP contribution in [0.1, 0.15) is 51.9 Å². The van der Waals surface area contributed by atoms with Crippen molar-refractivity contribution in [3.8, 4) is 6.07 Å². The zero-order valence-corrected chi connectivity index (χ0v) is 10.8. The lowest BCUT2D eigenvalue weighted by atomic mass is 9.59. The molecule has 0 spiro atoms. The summed E-state index contributed by atoms with van der Waals surface area (Å²) >= 11 is 0. The van der Waals surface area contributed by atoms with E-state index in [9.17, 15) is 10.4 Å². The van der Waals surface area contributed by atoms with Gasteiger partial charge in [0.25, 0.3) is 0 Å². The summed E-state index contributed by atoms with van der Waals surface area (Å²) in [6.07, 6.45) is 6.67. The summed E-state index contributed by atoms with van der Waals surface area (Å²) in [4.78, 5) is 0. The average Bonchev–Trinajstić information content (AvgIpc) is 2.39. The van der Waals surface area contributed by atoms with E-state index < -0.39 is 11.0 Å². The van der Waals surface area contributed by atoms with E-state index in [1.165, 1.54) is 6.42 Å². The highest BCUT2D eigenvalue weighted by molar-refractivity contribution is 5.14. The van der Waals surface area contributed by atoms with Crippen LogP contribution in [0, 0.1) is 22.7 Å². The normalized spacial score (nSPS) is 37.4. The van der Waals surface area contributed by atoms with Crippen molar-refractivity contribution in [2.24, 2.45) is 11.3 Å². The Labute approximate surface area is 104 Å². The van der Waals surface area contributed by atoms with Crippen molar-refractivity contribution in [3.05, 3.63) is 0 Å². The van der Waals surface area contributed by atoms with Crippen molar-refractivity contribution in [2.75, 3.05) is 13.1 Å². The number of piperidine rings is 1. The Morgan fingerprint density at radius 2 is 1.82 bits per heavy atom. The van der Waals surface area contributed by atoms with Crippen LogP contribution in [0.3, 0.4) is 0 Å². The molecule has 1 saturated carbocycles. The molecule has 2 N–H and O–H groups in total. The fourth-order valence-corrected chi connectivity index (χ4v) is 3.58. The van der Waals surface area contributed by atoms with Gasteiger partial charge in [0.2, 0.25) is 0 Å². The van der Waals surface area contributed by atoms with Gasteiger partial charge in [0, 0.05) is 0 Å². The van der Waals surface area contributed by atoms with Crippen molar-refractivity contribution >= 4 is 0 Å². The van der Waals surface area contributed by atoms with Crippen molar-refractivity contribution in [1.29, 1.82) is 5.26 Å². The summed E-state index contributed by atoms with van der Waals surface area (Å²) in [6, 6.07) is 2.49. The predicted octanol–water partition coefficient (Wildman–Crippen LogP) is 2.21. The Hall–Kier alpha value is -0.590. The van der Waals surface area contributed by atoms with Gasteiger partial charge in [0.1, 0.15) is 0 Å². The lowest BCUT2D eigenvalue weighted by Gasteiger charge is -2.48. The molecule has 2 fully saturated rings. The van der Waals surface area contributed by atoms with Gasteiger partial charge in [0.05, 0.1) is 17.1 Å². The Bertz CT molecular complexity index is 294. The maximum absolute atomic E-state index is 10.8. The third-order valence-corrected chi connectivity index (χ3v) is 5.07. The van der Waals surface area contributed by atoms with Crippen molar-refractivity contribution in [1.82, 2.24) is 5.32 Å². The molecule has 0 radical (unpaired) electrons. The van der Waals surface area contributed by atoms with Crippen molar-refractivity contribution < 1.29 is 5.11 Å². The van der Waals surface area contributed by atoms with Crippen LogP contribution in [0.5, 0.6) is 0 Å². The first-order chi connectivity index (χ1) is 8.16. The summed E-state index contributed by atoms with van der Waals surface area (Å²) in [5.74, 6) is 0.766. The molecule has 0 atom stereocenters. The predicted molar refractivity (Wildman–Crippen MR) is 67.3 cm³/mol. The largest absolute Gasteiger partial charge is 0.388 e. The highest BCUT2D eigenvalue weighted by Gasteiger charge is 2.52. The molecule has 0 aromatic heterocycles. The lowest BCUT2D eigenvalue weighted by molar-refractivity contribution is -0.0973. The van der Waals surface area contributed by atoms with E-state index in [2.05, 4.69) is 18.3 Å². The minimum Gasteiger partial charge on any atom is -0.388 e. The summed E-state index contributed by atoms with van der Waals surface area (Å²) < 4.78 is 0. The molecule has 1 heterocycles. The molecule has 1 aliphatic carbocycles. The van der Waals surface area contributed by atoms with Crippen LogP contribution in [0.2, 0.25) is 0 Å². The number of aliphatic hydroxyl groups is 1. The average molecular weight is 236 g/mol. The molecular weight excluding hydrogens is 212 g/mol. The highest BCUT2D eigenvalue weighted by atomic mass is 16.3. The first kappa shape index (κ1) is 12.9. The van der Waals surface area contributed by atoms with Gasteiger partial charge in [-0.1, -0.05) is 13.3 Å². The van der Waals surface area contributed by atoms with Crippen LogP contribution in [0.15, 0.2) is 0 Å². The molecular formula is C14H24N2O. The molecule has 0 amide bonds. The maximum Gasteiger partial charge on any atom is 0.0861 e. The number of nitriles is 1. The van der Waals surface area contributed by atoms with Crippen LogP contribution in [0.4, 0.5) is 0 Å². The number of nitrogens with zero attached hydrogens (tertiary/aromatic N) is 1.